The fraction of sp³-hybridized carbons (Fsp3) is 0.300. The molecule has 1 atom stereocenters. The van der Waals surface area contributed by atoms with Gasteiger partial charge in [-0.25, -0.2) is 13.6 Å². The van der Waals surface area contributed by atoms with Crippen LogP contribution in [0.5, 0.6) is 0 Å². The van der Waals surface area contributed by atoms with Gasteiger partial charge in [-0.3, -0.25) is 4.79 Å². The number of esters is 1. The van der Waals surface area contributed by atoms with E-state index >= 15 is 0 Å². The summed E-state index contributed by atoms with van der Waals surface area (Å²) in [6.07, 6.45) is 1.56. The predicted molar refractivity (Wildman–Crippen MR) is 93.4 cm³/mol. The summed E-state index contributed by atoms with van der Waals surface area (Å²) in [5.74, 6) is -2.57. The Morgan fingerprint density at radius 3 is 2.50 bits per heavy atom. The van der Waals surface area contributed by atoms with E-state index in [4.69, 9.17) is 4.74 Å². The van der Waals surface area contributed by atoms with Gasteiger partial charge in [-0.2, -0.15) is 0 Å². The van der Waals surface area contributed by atoms with Crippen LogP contribution in [0, 0.1) is 11.6 Å². The SMILES string of the molecule is COC(=O)[C@@H](CCCc1ccccc1)NC(=O)Cc1ccc(F)cc1F. The Morgan fingerprint density at radius 1 is 1.12 bits per heavy atom. The molecule has 2 rings (SSSR count). The first-order chi connectivity index (χ1) is 12.5. The van der Waals surface area contributed by atoms with E-state index in [0.717, 1.165) is 24.1 Å². The van der Waals surface area contributed by atoms with Crippen molar-refractivity contribution in [2.75, 3.05) is 7.11 Å². The second kappa shape index (κ2) is 9.65. The highest BCUT2D eigenvalue weighted by Gasteiger charge is 2.21. The second-order valence-electron chi connectivity index (χ2n) is 5.93. The van der Waals surface area contributed by atoms with Gasteiger partial charge in [0, 0.05) is 6.07 Å². The molecule has 0 aliphatic heterocycles. The van der Waals surface area contributed by atoms with E-state index in [0.29, 0.717) is 12.8 Å². The molecule has 0 spiro atoms. The number of halogens is 2. The van der Waals surface area contributed by atoms with Crippen molar-refractivity contribution in [3.8, 4) is 0 Å². The van der Waals surface area contributed by atoms with E-state index in [9.17, 15) is 18.4 Å². The molecule has 0 aromatic heterocycles. The average molecular weight is 361 g/mol. The Hall–Kier alpha value is -2.76. The number of aryl methyl sites for hydroxylation is 1. The summed E-state index contributed by atoms with van der Waals surface area (Å²) in [7, 11) is 1.25. The fourth-order valence-electron chi connectivity index (χ4n) is 2.63. The van der Waals surface area contributed by atoms with E-state index in [2.05, 4.69) is 5.32 Å². The van der Waals surface area contributed by atoms with Crippen LogP contribution in [0.2, 0.25) is 0 Å². The Labute approximate surface area is 151 Å². The lowest BCUT2D eigenvalue weighted by molar-refractivity contribution is -0.145. The van der Waals surface area contributed by atoms with E-state index in [1.807, 2.05) is 30.3 Å². The van der Waals surface area contributed by atoms with Crippen LogP contribution in [0.3, 0.4) is 0 Å². The lowest BCUT2D eigenvalue weighted by Crippen LogP contribution is -2.42. The van der Waals surface area contributed by atoms with Gasteiger partial charge in [-0.05, 0) is 36.5 Å². The Morgan fingerprint density at radius 2 is 1.85 bits per heavy atom. The van der Waals surface area contributed by atoms with Gasteiger partial charge in [0.1, 0.15) is 17.7 Å². The summed E-state index contributed by atoms with van der Waals surface area (Å²) < 4.78 is 31.3. The maximum absolute atomic E-state index is 13.7. The number of carbonyl (C=O) groups is 2. The second-order valence-corrected chi connectivity index (χ2v) is 5.93. The molecule has 6 heteroatoms. The summed E-state index contributed by atoms with van der Waals surface area (Å²) in [6, 6.07) is 12.0. The van der Waals surface area contributed by atoms with Crippen LogP contribution >= 0.6 is 0 Å². The van der Waals surface area contributed by atoms with Crippen molar-refractivity contribution in [2.24, 2.45) is 0 Å². The zero-order chi connectivity index (χ0) is 18.9. The largest absolute Gasteiger partial charge is 0.467 e. The minimum Gasteiger partial charge on any atom is -0.467 e. The summed E-state index contributed by atoms with van der Waals surface area (Å²) in [4.78, 5) is 24.0. The van der Waals surface area contributed by atoms with Crippen LogP contribution in [0.15, 0.2) is 48.5 Å². The lowest BCUT2D eigenvalue weighted by atomic mass is 10.0. The number of methoxy groups -OCH3 is 1. The molecule has 0 saturated heterocycles. The maximum atomic E-state index is 13.7. The number of hydrogen-bond donors (Lipinski definition) is 1. The third-order valence-corrected chi connectivity index (χ3v) is 3.99. The van der Waals surface area contributed by atoms with Crippen molar-refractivity contribution >= 4 is 11.9 Å². The first-order valence-corrected chi connectivity index (χ1v) is 8.34. The van der Waals surface area contributed by atoms with Crippen molar-refractivity contribution in [3.63, 3.8) is 0 Å². The molecule has 0 saturated carbocycles. The summed E-state index contributed by atoms with van der Waals surface area (Å²) >= 11 is 0. The number of ether oxygens (including phenoxy) is 1. The molecule has 0 fully saturated rings. The van der Waals surface area contributed by atoms with Crippen molar-refractivity contribution in [2.45, 2.75) is 31.7 Å². The zero-order valence-corrected chi connectivity index (χ0v) is 14.5. The minimum absolute atomic E-state index is 0.0665. The lowest BCUT2D eigenvalue weighted by Gasteiger charge is -2.16. The van der Waals surface area contributed by atoms with Gasteiger partial charge >= 0.3 is 5.97 Å². The molecule has 0 bridgehead atoms. The van der Waals surface area contributed by atoms with Gasteiger partial charge in [-0.15, -0.1) is 0 Å². The molecule has 26 heavy (non-hydrogen) atoms. The van der Waals surface area contributed by atoms with Crippen LogP contribution in [0.4, 0.5) is 8.78 Å². The average Bonchev–Trinajstić information content (AvgIpc) is 2.63. The topological polar surface area (TPSA) is 55.4 Å². The van der Waals surface area contributed by atoms with Crippen molar-refractivity contribution in [3.05, 3.63) is 71.3 Å². The van der Waals surface area contributed by atoms with E-state index in [1.165, 1.54) is 13.2 Å². The summed E-state index contributed by atoms with van der Waals surface area (Å²) in [6.45, 7) is 0. The van der Waals surface area contributed by atoms with Crippen LogP contribution in [-0.4, -0.2) is 25.0 Å². The molecule has 0 aliphatic carbocycles. The standard InChI is InChI=1S/C20H21F2NO3/c1-26-20(25)18(9-5-8-14-6-3-2-4-7-14)23-19(24)12-15-10-11-16(21)13-17(15)22/h2-4,6-7,10-11,13,18H,5,8-9,12H2,1H3,(H,23,24)/t18-/m1/s1. The van der Waals surface area contributed by atoms with Crippen LogP contribution in [0.25, 0.3) is 0 Å². The first kappa shape index (κ1) is 19.6. The van der Waals surface area contributed by atoms with E-state index in [1.54, 1.807) is 0 Å². The molecule has 2 aromatic rings. The number of benzene rings is 2. The van der Waals surface area contributed by atoms with Gasteiger partial charge in [-0.1, -0.05) is 36.4 Å². The molecular weight excluding hydrogens is 340 g/mol. The molecule has 1 N–H and O–H groups in total. The van der Waals surface area contributed by atoms with Gasteiger partial charge in [0.05, 0.1) is 13.5 Å². The normalized spacial score (nSPS) is 11.7. The minimum atomic E-state index is -0.806. The molecular formula is C20H21F2NO3. The highest BCUT2D eigenvalue weighted by molar-refractivity contribution is 5.85. The number of rotatable bonds is 8. The fourth-order valence-corrected chi connectivity index (χ4v) is 2.63. The Bertz CT molecular complexity index is 750. The van der Waals surface area contributed by atoms with Gasteiger partial charge < -0.3 is 10.1 Å². The molecule has 0 aliphatic rings. The van der Waals surface area contributed by atoms with Crippen molar-refractivity contribution in [1.82, 2.24) is 5.32 Å². The Kier molecular flexibility index (Phi) is 7.26. The van der Waals surface area contributed by atoms with Crippen LogP contribution < -0.4 is 5.32 Å². The van der Waals surface area contributed by atoms with Gasteiger partial charge in [0.15, 0.2) is 0 Å². The highest BCUT2D eigenvalue weighted by Crippen LogP contribution is 2.11. The molecule has 0 heterocycles. The molecule has 1 amide bonds. The van der Waals surface area contributed by atoms with E-state index in [-0.39, 0.29) is 12.0 Å². The Balaban J connectivity index is 1.91. The molecule has 138 valence electrons. The zero-order valence-electron chi connectivity index (χ0n) is 14.5. The molecule has 0 radical (unpaired) electrons. The summed E-state index contributed by atoms with van der Waals surface area (Å²) in [5.41, 5.74) is 1.20. The number of nitrogens with one attached hydrogen (secondary N) is 1. The predicted octanol–water partition coefficient (Wildman–Crippen LogP) is 3.19. The third-order valence-electron chi connectivity index (χ3n) is 3.99. The van der Waals surface area contributed by atoms with Crippen molar-refractivity contribution in [1.29, 1.82) is 0 Å². The molecule has 4 nitrogen and oxygen atoms in total. The van der Waals surface area contributed by atoms with Crippen molar-refractivity contribution < 1.29 is 23.1 Å². The number of amides is 1. The molecule has 2 aromatic carbocycles. The third kappa shape index (κ3) is 5.95. The van der Waals surface area contributed by atoms with Gasteiger partial charge in [0.2, 0.25) is 5.91 Å². The quantitative estimate of drug-likeness (QED) is 0.735. The smallest absolute Gasteiger partial charge is 0.328 e. The monoisotopic (exact) mass is 361 g/mol. The maximum Gasteiger partial charge on any atom is 0.328 e. The number of carbonyl (C=O) groups excluding carboxylic acids is 2. The highest BCUT2D eigenvalue weighted by atomic mass is 19.1. The first-order valence-electron chi connectivity index (χ1n) is 8.34. The van der Waals surface area contributed by atoms with Gasteiger partial charge in [0.25, 0.3) is 0 Å². The van der Waals surface area contributed by atoms with E-state index < -0.39 is 29.6 Å². The summed E-state index contributed by atoms with van der Waals surface area (Å²) in [5, 5.41) is 2.57. The van der Waals surface area contributed by atoms with Crippen LogP contribution in [0.1, 0.15) is 24.0 Å². The number of hydrogen-bond acceptors (Lipinski definition) is 3. The molecule has 0 unspecified atom stereocenters. The van der Waals surface area contributed by atoms with Crippen LogP contribution in [-0.2, 0) is 27.2 Å².